The van der Waals surface area contributed by atoms with E-state index < -0.39 is 0 Å². The summed E-state index contributed by atoms with van der Waals surface area (Å²) in [6.07, 6.45) is 1.42. The van der Waals surface area contributed by atoms with Crippen LogP contribution in [0.4, 0.5) is 0 Å². The molecule has 20 heavy (non-hydrogen) atoms. The van der Waals surface area contributed by atoms with Crippen molar-refractivity contribution < 1.29 is 14.3 Å². The van der Waals surface area contributed by atoms with E-state index in [0.29, 0.717) is 25.9 Å². The fourth-order valence-electron chi connectivity index (χ4n) is 2.30. The number of carbonyl (C=O) groups is 2. The van der Waals surface area contributed by atoms with Crippen molar-refractivity contribution >= 4 is 12.3 Å². The molecule has 0 fully saturated rings. The average molecular weight is 277 g/mol. The minimum atomic E-state index is -0.244. The van der Waals surface area contributed by atoms with Crippen LogP contribution in [0.5, 0.6) is 5.75 Å². The highest BCUT2D eigenvalue weighted by Crippen LogP contribution is 2.41. The molecule has 0 aromatic heterocycles. The van der Waals surface area contributed by atoms with Crippen molar-refractivity contribution in [3.8, 4) is 5.75 Å². The molecule has 4 nitrogen and oxygen atoms in total. The molecule has 0 saturated carbocycles. The van der Waals surface area contributed by atoms with Gasteiger partial charge in [-0.05, 0) is 25.0 Å². The summed E-state index contributed by atoms with van der Waals surface area (Å²) in [5.41, 5.74) is 2.16. The molecule has 0 bridgehead atoms. The number of ether oxygens (including phenoxy) is 1. The Morgan fingerprint density at radius 3 is 2.80 bits per heavy atom. The summed E-state index contributed by atoms with van der Waals surface area (Å²) in [5.74, 6) is 0.667. The lowest BCUT2D eigenvalue weighted by Gasteiger charge is -2.22. The number of imide groups is 1. The van der Waals surface area contributed by atoms with Crippen LogP contribution >= 0.6 is 0 Å². The van der Waals surface area contributed by atoms with Gasteiger partial charge < -0.3 is 4.74 Å². The molecule has 1 aromatic rings. The van der Waals surface area contributed by atoms with E-state index in [9.17, 15) is 9.59 Å². The van der Waals surface area contributed by atoms with Crippen LogP contribution in [0.15, 0.2) is 18.2 Å². The number of fused-ring (bicyclic) bond motifs is 1. The number of carbonyl (C=O) groups excluding carboxylic acids is 2. The van der Waals surface area contributed by atoms with Crippen LogP contribution in [0, 0.1) is 6.92 Å². The van der Waals surface area contributed by atoms with E-state index in [1.807, 2.05) is 26.8 Å². The number of nitrogens with one attached hydrogen (secondary N) is 1. The second kappa shape index (κ2) is 7.08. The van der Waals surface area contributed by atoms with Gasteiger partial charge in [0.05, 0.1) is 6.61 Å². The molecule has 4 heteroatoms. The molecule has 2 amide bonds. The van der Waals surface area contributed by atoms with Gasteiger partial charge in [-0.3, -0.25) is 14.9 Å². The van der Waals surface area contributed by atoms with Gasteiger partial charge in [-0.15, -0.1) is 0 Å². The predicted octanol–water partition coefficient (Wildman–Crippen LogP) is 2.72. The maximum atomic E-state index is 11.3. The van der Waals surface area contributed by atoms with Crippen LogP contribution < -0.4 is 10.1 Å². The Labute approximate surface area is 120 Å². The van der Waals surface area contributed by atoms with Gasteiger partial charge in [0.15, 0.2) is 0 Å². The number of amides is 2. The lowest BCUT2D eigenvalue weighted by Crippen LogP contribution is -2.28. The average Bonchev–Trinajstić information content (AvgIpc) is 2.77. The molecule has 1 unspecified atom stereocenters. The Kier molecular flexibility index (Phi) is 5.74. The summed E-state index contributed by atoms with van der Waals surface area (Å²) in [5, 5.41) is 2.16. The summed E-state index contributed by atoms with van der Waals surface area (Å²) in [6.45, 7) is 8.69. The van der Waals surface area contributed by atoms with E-state index in [2.05, 4.69) is 24.4 Å². The Balaban J connectivity index is 0.000000956. The molecular weight excluding hydrogens is 254 g/mol. The van der Waals surface area contributed by atoms with Crippen LogP contribution in [-0.4, -0.2) is 18.9 Å². The smallest absolute Gasteiger partial charge is 0.226 e. The van der Waals surface area contributed by atoms with Gasteiger partial charge in [0, 0.05) is 17.4 Å². The predicted molar refractivity (Wildman–Crippen MR) is 78.8 cm³/mol. The highest BCUT2D eigenvalue weighted by atomic mass is 16.5. The molecule has 1 atom stereocenters. The van der Waals surface area contributed by atoms with Crippen molar-refractivity contribution in [3.63, 3.8) is 0 Å². The zero-order valence-corrected chi connectivity index (χ0v) is 12.7. The third-order valence-electron chi connectivity index (χ3n) is 3.46. The van der Waals surface area contributed by atoms with Crippen molar-refractivity contribution in [1.29, 1.82) is 0 Å². The molecular formula is C16H23NO3. The standard InChI is InChI=1S/C14H17NO3.C2H6/c1-10-3-4-11-12(7-10)18-8-14(11,2)6-5-13(17)15-9-16;1-2/h3-4,7,9H,5-6,8H2,1-2H3,(H,15,16,17);1-2H3. The highest BCUT2D eigenvalue weighted by Gasteiger charge is 2.36. The largest absolute Gasteiger partial charge is 0.492 e. The maximum absolute atomic E-state index is 11.3. The normalized spacial score (nSPS) is 19.2. The van der Waals surface area contributed by atoms with Gasteiger partial charge in [0.25, 0.3) is 0 Å². The molecule has 110 valence electrons. The van der Waals surface area contributed by atoms with Crippen molar-refractivity contribution in [2.75, 3.05) is 6.61 Å². The molecule has 0 spiro atoms. The fraction of sp³-hybridized carbons (Fsp3) is 0.500. The lowest BCUT2D eigenvalue weighted by molar-refractivity contribution is -0.125. The van der Waals surface area contributed by atoms with Crippen molar-refractivity contribution in [2.45, 2.75) is 46.0 Å². The molecule has 1 aliphatic heterocycles. The zero-order valence-electron chi connectivity index (χ0n) is 12.7. The van der Waals surface area contributed by atoms with Crippen LogP contribution in [-0.2, 0) is 15.0 Å². The second-order valence-corrected chi connectivity index (χ2v) is 5.03. The third kappa shape index (κ3) is 3.59. The summed E-state index contributed by atoms with van der Waals surface area (Å²) in [7, 11) is 0. The Hall–Kier alpha value is -1.84. The van der Waals surface area contributed by atoms with Crippen molar-refractivity contribution in [1.82, 2.24) is 5.32 Å². The minimum absolute atomic E-state index is 0.150. The number of hydrogen-bond acceptors (Lipinski definition) is 3. The van der Waals surface area contributed by atoms with Gasteiger partial charge in [-0.25, -0.2) is 0 Å². The van der Waals surface area contributed by atoms with Crippen LogP contribution in [0.25, 0.3) is 0 Å². The molecule has 0 saturated heterocycles. The first-order valence-electron chi connectivity index (χ1n) is 7.02. The third-order valence-corrected chi connectivity index (χ3v) is 3.46. The van der Waals surface area contributed by atoms with Crippen molar-refractivity contribution in [3.05, 3.63) is 29.3 Å². The molecule has 0 aliphatic carbocycles. The SMILES string of the molecule is CC.Cc1ccc2c(c1)OCC2(C)CCC(=O)NC=O. The topological polar surface area (TPSA) is 55.4 Å². The first-order chi connectivity index (χ1) is 9.55. The fourth-order valence-corrected chi connectivity index (χ4v) is 2.30. The van der Waals surface area contributed by atoms with Crippen LogP contribution in [0.1, 0.15) is 44.7 Å². The highest BCUT2D eigenvalue weighted by molar-refractivity contribution is 5.85. The van der Waals surface area contributed by atoms with E-state index in [1.165, 1.54) is 0 Å². The molecule has 1 aromatic carbocycles. The van der Waals surface area contributed by atoms with Gasteiger partial charge in [0.1, 0.15) is 5.75 Å². The molecule has 0 radical (unpaired) electrons. The summed E-state index contributed by atoms with van der Waals surface area (Å²) < 4.78 is 5.69. The monoisotopic (exact) mass is 277 g/mol. The molecule has 1 N–H and O–H groups in total. The van der Waals surface area contributed by atoms with E-state index in [4.69, 9.17) is 4.74 Å². The zero-order chi connectivity index (χ0) is 15.2. The summed E-state index contributed by atoms with van der Waals surface area (Å²) in [6, 6.07) is 6.14. The minimum Gasteiger partial charge on any atom is -0.492 e. The quantitative estimate of drug-likeness (QED) is 0.861. The molecule has 1 heterocycles. The van der Waals surface area contributed by atoms with Gasteiger partial charge >= 0.3 is 0 Å². The van der Waals surface area contributed by atoms with Gasteiger partial charge in [-0.1, -0.05) is 32.9 Å². The summed E-state index contributed by atoms with van der Waals surface area (Å²) >= 11 is 0. The van der Waals surface area contributed by atoms with E-state index in [0.717, 1.165) is 16.9 Å². The maximum Gasteiger partial charge on any atom is 0.226 e. The number of aryl methyl sites for hydroxylation is 1. The Morgan fingerprint density at radius 2 is 2.15 bits per heavy atom. The van der Waals surface area contributed by atoms with Gasteiger partial charge in [0.2, 0.25) is 12.3 Å². The number of rotatable bonds is 4. The first kappa shape index (κ1) is 16.2. The summed E-state index contributed by atoms with van der Waals surface area (Å²) in [4.78, 5) is 21.5. The van der Waals surface area contributed by atoms with Crippen molar-refractivity contribution in [2.24, 2.45) is 0 Å². The lowest BCUT2D eigenvalue weighted by atomic mass is 9.80. The second-order valence-electron chi connectivity index (χ2n) is 5.03. The Morgan fingerprint density at radius 1 is 1.45 bits per heavy atom. The van der Waals surface area contributed by atoms with Crippen LogP contribution in [0.3, 0.4) is 0 Å². The molecule has 2 rings (SSSR count). The molecule has 1 aliphatic rings. The van der Waals surface area contributed by atoms with E-state index in [-0.39, 0.29) is 11.3 Å². The van der Waals surface area contributed by atoms with E-state index >= 15 is 0 Å². The van der Waals surface area contributed by atoms with Gasteiger partial charge in [-0.2, -0.15) is 0 Å². The number of benzene rings is 1. The first-order valence-corrected chi connectivity index (χ1v) is 7.02. The van der Waals surface area contributed by atoms with E-state index in [1.54, 1.807) is 0 Å². The van der Waals surface area contributed by atoms with Crippen LogP contribution in [0.2, 0.25) is 0 Å². The number of hydrogen-bond donors (Lipinski definition) is 1. The Bertz CT molecular complexity index is 485.